The second-order valence-electron chi connectivity index (χ2n) is 7.14. The van der Waals surface area contributed by atoms with Crippen LogP contribution in [0.5, 0.6) is 5.88 Å². The highest BCUT2D eigenvalue weighted by atomic mass is 16.5. The van der Waals surface area contributed by atoms with Gasteiger partial charge in [0, 0.05) is 46.5 Å². The molecule has 0 unspecified atom stereocenters. The van der Waals surface area contributed by atoms with Crippen molar-refractivity contribution in [3.8, 4) is 17.0 Å². The van der Waals surface area contributed by atoms with Crippen LogP contribution in [0, 0.1) is 6.92 Å². The maximum atomic E-state index is 9.60. The third-order valence-corrected chi connectivity index (χ3v) is 4.18. The molecule has 144 valence electrons. The van der Waals surface area contributed by atoms with Gasteiger partial charge in [0.2, 0.25) is 5.88 Å². The molecule has 5 nitrogen and oxygen atoms in total. The monoisotopic (exact) mass is 368 g/mol. The van der Waals surface area contributed by atoms with Gasteiger partial charge in [-0.3, -0.25) is 4.79 Å². The molecule has 0 saturated carbocycles. The zero-order valence-corrected chi connectivity index (χ0v) is 16.9. The summed E-state index contributed by atoms with van der Waals surface area (Å²) in [7, 11) is 1.64. The van der Waals surface area contributed by atoms with Crippen molar-refractivity contribution in [1.29, 1.82) is 0 Å². The Labute approximate surface area is 160 Å². The van der Waals surface area contributed by atoms with Crippen LogP contribution in [0.25, 0.3) is 22.0 Å². The average Bonchev–Trinajstić information content (AvgIpc) is 2.92. The summed E-state index contributed by atoms with van der Waals surface area (Å²) in [6.45, 7) is 11.2. The molecule has 0 spiro atoms. The number of ether oxygens (including phenoxy) is 2. The third-order valence-electron chi connectivity index (χ3n) is 4.18. The van der Waals surface area contributed by atoms with E-state index in [1.54, 1.807) is 7.11 Å². The quantitative estimate of drug-likeness (QED) is 0.608. The molecule has 1 aromatic carbocycles. The molecular formula is C22H28N2O3. The average molecular weight is 368 g/mol. The number of hydrogen-bond donors (Lipinski definition) is 0. The molecule has 0 bridgehead atoms. The van der Waals surface area contributed by atoms with Crippen molar-refractivity contribution in [3.05, 3.63) is 48.3 Å². The first-order valence-electron chi connectivity index (χ1n) is 9.02. The van der Waals surface area contributed by atoms with Crippen LogP contribution in [-0.4, -0.2) is 28.7 Å². The van der Waals surface area contributed by atoms with E-state index < -0.39 is 0 Å². The molecule has 0 saturated heterocycles. The SMILES string of the molecule is CC(C)(C)OC=O.CCn1c(C)c(-c2ccc(OC)nc2)c2ccccc21. The number of rotatable bonds is 4. The molecule has 3 rings (SSSR count). The zero-order chi connectivity index (χ0) is 20.0. The Morgan fingerprint density at radius 1 is 1.15 bits per heavy atom. The summed E-state index contributed by atoms with van der Waals surface area (Å²) in [5, 5.41) is 1.28. The van der Waals surface area contributed by atoms with Crippen molar-refractivity contribution in [2.75, 3.05) is 7.11 Å². The van der Waals surface area contributed by atoms with Crippen LogP contribution in [0.1, 0.15) is 33.4 Å². The van der Waals surface area contributed by atoms with Crippen LogP contribution in [0.15, 0.2) is 42.6 Å². The van der Waals surface area contributed by atoms with E-state index in [-0.39, 0.29) is 5.60 Å². The number of aryl methyl sites for hydroxylation is 1. The van der Waals surface area contributed by atoms with E-state index in [9.17, 15) is 4.79 Å². The van der Waals surface area contributed by atoms with Crippen LogP contribution in [0.2, 0.25) is 0 Å². The van der Waals surface area contributed by atoms with Crippen LogP contribution >= 0.6 is 0 Å². The smallest absolute Gasteiger partial charge is 0.293 e. The number of carbonyl (C=O) groups excluding carboxylic acids is 1. The zero-order valence-electron chi connectivity index (χ0n) is 16.9. The lowest BCUT2D eigenvalue weighted by molar-refractivity contribution is -0.138. The molecular weight excluding hydrogens is 340 g/mol. The Morgan fingerprint density at radius 2 is 1.85 bits per heavy atom. The Hall–Kier alpha value is -2.82. The standard InChI is InChI=1S/C17H18N2O.C5H10O2/c1-4-19-12(2)17(14-7-5-6-8-15(14)19)13-9-10-16(20-3)18-11-13;1-5(2,3)7-4-6/h5-11H,4H2,1-3H3;4H,1-3H3. The minimum atomic E-state index is -0.318. The fourth-order valence-corrected chi connectivity index (χ4v) is 3.00. The second kappa shape index (κ2) is 8.71. The molecule has 0 amide bonds. The maximum absolute atomic E-state index is 9.60. The predicted molar refractivity (Wildman–Crippen MR) is 109 cm³/mol. The Balaban J connectivity index is 0.000000321. The molecule has 27 heavy (non-hydrogen) atoms. The first kappa shape index (κ1) is 20.5. The van der Waals surface area contributed by atoms with E-state index in [2.05, 4.69) is 58.5 Å². The number of aromatic nitrogens is 2. The van der Waals surface area contributed by atoms with Crippen LogP contribution in [0.3, 0.4) is 0 Å². The molecule has 0 fully saturated rings. The van der Waals surface area contributed by atoms with Gasteiger partial charge in [0.25, 0.3) is 6.47 Å². The Morgan fingerprint density at radius 3 is 2.33 bits per heavy atom. The molecule has 2 aromatic heterocycles. The van der Waals surface area contributed by atoms with Crippen LogP contribution in [-0.2, 0) is 16.1 Å². The lowest BCUT2D eigenvalue weighted by Gasteiger charge is -2.14. The minimum absolute atomic E-state index is 0.318. The van der Waals surface area contributed by atoms with E-state index in [4.69, 9.17) is 4.74 Å². The first-order valence-corrected chi connectivity index (χ1v) is 9.02. The van der Waals surface area contributed by atoms with Crippen molar-refractivity contribution in [3.63, 3.8) is 0 Å². The van der Waals surface area contributed by atoms with Crippen molar-refractivity contribution in [2.45, 2.75) is 46.8 Å². The van der Waals surface area contributed by atoms with Crippen LogP contribution in [0.4, 0.5) is 0 Å². The maximum Gasteiger partial charge on any atom is 0.293 e. The highest BCUT2D eigenvalue weighted by Crippen LogP contribution is 2.34. The second-order valence-corrected chi connectivity index (χ2v) is 7.14. The fraction of sp³-hybridized carbons (Fsp3) is 0.364. The van der Waals surface area contributed by atoms with Crippen molar-refractivity contribution in [1.82, 2.24) is 9.55 Å². The van der Waals surface area contributed by atoms with Crippen molar-refractivity contribution in [2.24, 2.45) is 0 Å². The topological polar surface area (TPSA) is 53.4 Å². The molecule has 0 aliphatic heterocycles. The van der Waals surface area contributed by atoms with Gasteiger partial charge in [-0.05, 0) is 46.8 Å². The number of fused-ring (bicyclic) bond motifs is 1. The van der Waals surface area contributed by atoms with E-state index >= 15 is 0 Å². The fourth-order valence-electron chi connectivity index (χ4n) is 3.00. The molecule has 0 N–H and O–H groups in total. The molecule has 2 heterocycles. The molecule has 3 aromatic rings. The number of methoxy groups -OCH3 is 1. The molecule has 0 aliphatic carbocycles. The summed E-state index contributed by atoms with van der Waals surface area (Å²) in [5.41, 5.74) is 4.63. The summed E-state index contributed by atoms with van der Waals surface area (Å²) in [4.78, 5) is 13.9. The number of carbonyl (C=O) groups is 1. The van der Waals surface area contributed by atoms with Gasteiger partial charge in [-0.1, -0.05) is 18.2 Å². The minimum Gasteiger partial charge on any atom is -0.481 e. The number of benzene rings is 1. The van der Waals surface area contributed by atoms with Gasteiger partial charge < -0.3 is 14.0 Å². The van der Waals surface area contributed by atoms with Gasteiger partial charge in [0.05, 0.1) is 7.11 Å². The van der Waals surface area contributed by atoms with Gasteiger partial charge in [-0.15, -0.1) is 0 Å². The number of pyridine rings is 1. The normalized spacial score (nSPS) is 10.9. The van der Waals surface area contributed by atoms with Crippen molar-refractivity contribution >= 4 is 17.4 Å². The number of para-hydroxylation sites is 1. The third kappa shape index (κ3) is 4.88. The summed E-state index contributed by atoms with van der Waals surface area (Å²) in [5.74, 6) is 0.644. The van der Waals surface area contributed by atoms with Gasteiger partial charge in [0.1, 0.15) is 5.60 Å². The number of hydrogen-bond acceptors (Lipinski definition) is 4. The van der Waals surface area contributed by atoms with Crippen LogP contribution < -0.4 is 4.74 Å². The van der Waals surface area contributed by atoms with Crippen molar-refractivity contribution < 1.29 is 14.3 Å². The summed E-state index contributed by atoms with van der Waals surface area (Å²) in [6, 6.07) is 12.5. The largest absolute Gasteiger partial charge is 0.481 e. The van der Waals surface area contributed by atoms with E-state index in [0.717, 1.165) is 12.1 Å². The summed E-state index contributed by atoms with van der Waals surface area (Å²) >= 11 is 0. The highest BCUT2D eigenvalue weighted by molar-refractivity contribution is 5.97. The lowest BCUT2D eigenvalue weighted by atomic mass is 10.0. The molecule has 5 heteroatoms. The lowest BCUT2D eigenvalue weighted by Crippen LogP contribution is -2.17. The van der Waals surface area contributed by atoms with Gasteiger partial charge >= 0.3 is 0 Å². The molecule has 0 radical (unpaired) electrons. The Bertz CT molecular complexity index is 890. The first-order chi connectivity index (χ1) is 12.8. The highest BCUT2D eigenvalue weighted by Gasteiger charge is 2.14. The number of nitrogens with zero attached hydrogens (tertiary/aromatic N) is 2. The van der Waals surface area contributed by atoms with E-state index in [0.29, 0.717) is 12.4 Å². The van der Waals surface area contributed by atoms with E-state index in [1.807, 2.05) is 33.0 Å². The van der Waals surface area contributed by atoms with E-state index in [1.165, 1.54) is 22.2 Å². The van der Waals surface area contributed by atoms with Gasteiger partial charge in [-0.2, -0.15) is 0 Å². The predicted octanol–water partition coefficient (Wildman–Crippen LogP) is 5.00. The van der Waals surface area contributed by atoms with Gasteiger partial charge in [-0.25, -0.2) is 4.98 Å². The molecule has 0 aliphatic rings. The summed E-state index contributed by atoms with van der Waals surface area (Å²) < 4.78 is 12.0. The molecule has 0 atom stereocenters. The summed E-state index contributed by atoms with van der Waals surface area (Å²) in [6.07, 6.45) is 1.88. The van der Waals surface area contributed by atoms with Gasteiger partial charge in [0.15, 0.2) is 0 Å². The Kier molecular flexibility index (Phi) is 6.61.